The number of esters is 1. The lowest BCUT2D eigenvalue weighted by atomic mass is 10.2. The Bertz CT molecular complexity index is 863. The largest absolute Gasteiger partial charge is 0.493 e. The average Bonchev–Trinajstić information content (AvgIpc) is 2.87. The minimum absolute atomic E-state index is 0.154. The van der Waals surface area contributed by atoms with E-state index in [2.05, 4.69) is 10.4 Å². The van der Waals surface area contributed by atoms with Gasteiger partial charge >= 0.3 is 5.97 Å². The number of hydrogen-bond acceptors (Lipinski definition) is 6. The molecule has 0 radical (unpaired) electrons. The quantitative estimate of drug-likeness (QED) is 0.725. The second-order valence-electron chi connectivity index (χ2n) is 5.72. The Morgan fingerprint density at radius 1 is 1.30 bits per heavy atom. The molecule has 1 aromatic heterocycles. The maximum atomic E-state index is 12.3. The van der Waals surface area contributed by atoms with Gasteiger partial charge in [-0.1, -0.05) is 11.6 Å². The first-order chi connectivity index (χ1) is 12.8. The summed E-state index contributed by atoms with van der Waals surface area (Å²) in [5, 5.41) is 7.12. The van der Waals surface area contributed by atoms with Crippen LogP contribution in [0, 0.1) is 13.8 Å². The fourth-order valence-electron chi connectivity index (χ4n) is 2.47. The van der Waals surface area contributed by atoms with Gasteiger partial charge in [0.05, 0.1) is 41.4 Å². The average molecular weight is 396 g/mol. The summed E-state index contributed by atoms with van der Waals surface area (Å²) in [6.07, 6.45) is 0. The van der Waals surface area contributed by atoms with Crippen molar-refractivity contribution >= 4 is 29.2 Å². The topological polar surface area (TPSA) is 91.7 Å². The van der Waals surface area contributed by atoms with Crippen LogP contribution in [0.25, 0.3) is 0 Å². The number of amides is 1. The normalized spacial score (nSPS) is 10.4. The molecule has 0 unspecified atom stereocenters. The molecule has 0 aliphatic heterocycles. The van der Waals surface area contributed by atoms with Gasteiger partial charge in [-0.25, -0.2) is 4.79 Å². The zero-order chi connectivity index (χ0) is 20.1. The second kappa shape index (κ2) is 8.77. The number of aromatic nitrogens is 2. The van der Waals surface area contributed by atoms with E-state index in [-0.39, 0.29) is 10.6 Å². The van der Waals surface area contributed by atoms with E-state index < -0.39 is 18.5 Å². The van der Waals surface area contributed by atoms with Crippen molar-refractivity contribution in [3.63, 3.8) is 0 Å². The number of hydrogen-bond donors (Lipinski definition) is 1. The molecule has 0 saturated carbocycles. The Balaban J connectivity index is 2.05. The Kier molecular flexibility index (Phi) is 6.68. The first kappa shape index (κ1) is 20.6. The summed E-state index contributed by atoms with van der Waals surface area (Å²) in [4.78, 5) is 24.4. The summed E-state index contributed by atoms with van der Waals surface area (Å²) in [5.41, 5.74) is 2.24. The molecule has 146 valence electrons. The van der Waals surface area contributed by atoms with E-state index in [4.69, 9.17) is 25.8 Å². The molecule has 0 aliphatic carbocycles. The number of halogens is 1. The number of aryl methyl sites for hydroxylation is 2. The van der Waals surface area contributed by atoms with E-state index in [1.807, 2.05) is 13.8 Å². The van der Waals surface area contributed by atoms with Gasteiger partial charge in [0.25, 0.3) is 5.91 Å². The van der Waals surface area contributed by atoms with Crippen molar-refractivity contribution in [3.05, 3.63) is 34.1 Å². The van der Waals surface area contributed by atoms with Crippen molar-refractivity contribution < 1.29 is 23.8 Å². The predicted octanol–water partition coefficient (Wildman–Crippen LogP) is 2.89. The molecule has 8 nitrogen and oxygen atoms in total. The maximum absolute atomic E-state index is 12.3. The summed E-state index contributed by atoms with van der Waals surface area (Å²) < 4.78 is 17.3. The Morgan fingerprint density at radius 2 is 2.00 bits per heavy atom. The van der Waals surface area contributed by atoms with Gasteiger partial charge in [-0.3, -0.25) is 9.48 Å². The van der Waals surface area contributed by atoms with Crippen molar-refractivity contribution in [3.8, 4) is 11.5 Å². The number of benzene rings is 1. The molecule has 2 rings (SSSR count). The molecule has 0 saturated heterocycles. The van der Waals surface area contributed by atoms with E-state index in [1.165, 1.54) is 19.2 Å². The number of ether oxygens (including phenoxy) is 3. The lowest BCUT2D eigenvalue weighted by Gasteiger charge is -2.13. The smallest absolute Gasteiger partial charge is 0.338 e. The fourth-order valence-corrected chi connectivity index (χ4v) is 2.73. The van der Waals surface area contributed by atoms with Gasteiger partial charge in [-0.2, -0.15) is 5.10 Å². The zero-order valence-electron chi connectivity index (χ0n) is 15.9. The van der Waals surface area contributed by atoms with Crippen molar-refractivity contribution in [2.75, 3.05) is 25.6 Å². The monoisotopic (exact) mass is 395 g/mol. The summed E-state index contributed by atoms with van der Waals surface area (Å²) in [7, 11) is 3.22. The van der Waals surface area contributed by atoms with Crippen LogP contribution in [0.3, 0.4) is 0 Å². The SMILES string of the molecule is CCOc1c(Cl)cc(C(=O)OCC(=O)Nc2c(C)nn(C)c2C)cc1OC. The third-order valence-electron chi connectivity index (χ3n) is 3.86. The summed E-state index contributed by atoms with van der Waals surface area (Å²) in [6.45, 7) is 5.37. The highest BCUT2D eigenvalue weighted by Crippen LogP contribution is 2.36. The molecule has 1 aromatic carbocycles. The van der Waals surface area contributed by atoms with Crippen LogP contribution in [0.4, 0.5) is 5.69 Å². The van der Waals surface area contributed by atoms with E-state index in [0.29, 0.717) is 29.5 Å². The van der Waals surface area contributed by atoms with Crippen LogP contribution in [-0.2, 0) is 16.6 Å². The summed E-state index contributed by atoms with van der Waals surface area (Å²) >= 11 is 6.14. The summed E-state index contributed by atoms with van der Waals surface area (Å²) in [5.74, 6) is -0.513. The first-order valence-electron chi connectivity index (χ1n) is 8.25. The van der Waals surface area contributed by atoms with E-state index in [0.717, 1.165) is 5.69 Å². The molecule has 0 spiro atoms. The van der Waals surface area contributed by atoms with E-state index in [1.54, 1.807) is 18.7 Å². The number of carbonyl (C=O) groups excluding carboxylic acids is 2. The molecule has 1 N–H and O–H groups in total. The van der Waals surface area contributed by atoms with Crippen LogP contribution in [0.5, 0.6) is 11.5 Å². The summed E-state index contributed by atoms with van der Waals surface area (Å²) in [6, 6.07) is 2.86. The van der Waals surface area contributed by atoms with E-state index >= 15 is 0 Å². The van der Waals surface area contributed by atoms with Crippen molar-refractivity contribution in [1.82, 2.24) is 9.78 Å². The fraction of sp³-hybridized carbons (Fsp3) is 0.389. The standard InChI is InChI=1S/C18H22ClN3O5/c1-6-26-17-13(19)7-12(8-14(17)25-5)18(24)27-9-15(23)20-16-10(2)21-22(4)11(16)3/h7-8H,6,9H2,1-5H3,(H,20,23). The molecular weight excluding hydrogens is 374 g/mol. The van der Waals surface area contributed by atoms with Crippen LogP contribution in [0.2, 0.25) is 5.02 Å². The van der Waals surface area contributed by atoms with Crippen molar-refractivity contribution in [2.24, 2.45) is 7.05 Å². The Hall–Kier alpha value is -2.74. The van der Waals surface area contributed by atoms with Gasteiger partial charge in [-0.05, 0) is 32.9 Å². The van der Waals surface area contributed by atoms with Gasteiger partial charge in [0.15, 0.2) is 18.1 Å². The molecule has 0 aliphatic rings. The lowest BCUT2D eigenvalue weighted by molar-refractivity contribution is -0.119. The molecule has 9 heteroatoms. The Labute approximate surface area is 162 Å². The third-order valence-corrected chi connectivity index (χ3v) is 4.14. The molecule has 0 fully saturated rings. The number of anilines is 1. The third kappa shape index (κ3) is 4.71. The number of nitrogens with one attached hydrogen (secondary N) is 1. The van der Waals surface area contributed by atoms with Gasteiger partial charge in [-0.15, -0.1) is 0 Å². The highest BCUT2D eigenvalue weighted by Gasteiger charge is 2.18. The molecule has 27 heavy (non-hydrogen) atoms. The predicted molar refractivity (Wildman–Crippen MR) is 101 cm³/mol. The molecule has 1 heterocycles. The lowest BCUT2D eigenvalue weighted by Crippen LogP contribution is -2.21. The molecule has 0 atom stereocenters. The van der Waals surface area contributed by atoms with Gasteiger partial charge < -0.3 is 19.5 Å². The molecule has 0 bridgehead atoms. The molecular formula is C18H22ClN3O5. The van der Waals surface area contributed by atoms with Crippen molar-refractivity contribution in [2.45, 2.75) is 20.8 Å². The molecule has 2 aromatic rings. The van der Waals surface area contributed by atoms with Crippen LogP contribution in [0.1, 0.15) is 28.7 Å². The minimum Gasteiger partial charge on any atom is -0.493 e. The van der Waals surface area contributed by atoms with Crippen LogP contribution in [0.15, 0.2) is 12.1 Å². The van der Waals surface area contributed by atoms with Crippen molar-refractivity contribution in [1.29, 1.82) is 0 Å². The number of rotatable bonds is 7. The van der Waals surface area contributed by atoms with Crippen LogP contribution >= 0.6 is 11.6 Å². The van der Waals surface area contributed by atoms with Gasteiger partial charge in [0.1, 0.15) is 0 Å². The highest BCUT2D eigenvalue weighted by molar-refractivity contribution is 6.32. The number of carbonyl (C=O) groups is 2. The van der Waals surface area contributed by atoms with Crippen LogP contribution in [-0.4, -0.2) is 42.0 Å². The van der Waals surface area contributed by atoms with E-state index in [9.17, 15) is 9.59 Å². The van der Waals surface area contributed by atoms with Gasteiger partial charge in [0.2, 0.25) is 0 Å². The minimum atomic E-state index is -0.701. The second-order valence-corrected chi connectivity index (χ2v) is 6.12. The maximum Gasteiger partial charge on any atom is 0.338 e. The van der Waals surface area contributed by atoms with Gasteiger partial charge in [0, 0.05) is 7.05 Å². The first-order valence-corrected chi connectivity index (χ1v) is 8.63. The molecule has 1 amide bonds. The van der Waals surface area contributed by atoms with Crippen LogP contribution < -0.4 is 14.8 Å². The highest BCUT2D eigenvalue weighted by atomic mass is 35.5. The zero-order valence-corrected chi connectivity index (χ0v) is 16.6. The Morgan fingerprint density at radius 3 is 2.56 bits per heavy atom. The number of methoxy groups -OCH3 is 1. The number of nitrogens with zero attached hydrogens (tertiary/aromatic N) is 2.